The molecule has 15 heteroatoms. The molecule has 3 atom stereocenters. The molecule has 9 nitrogen and oxygen atoms in total. The summed E-state index contributed by atoms with van der Waals surface area (Å²) in [6, 6.07) is 11.8. The van der Waals surface area contributed by atoms with Crippen LogP contribution < -0.4 is 19.1 Å². The number of ether oxygens (including phenoxy) is 4. The van der Waals surface area contributed by atoms with Crippen LogP contribution >= 0.6 is 0 Å². The van der Waals surface area contributed by atoms with E-state index in [9.17, 15) is 35.9 Å². The minimum Gasteiger partial charge on any atom is -0.488 e. The van der Waals surface area contributed by atoms with Crippen molar-refractivity contribution in [3.05, 3.63) is 71.5 Å². The fraction of sp³-hybridized carbons (Fsp3) is 0.323. The molecule has 0 bridgehead atoms. The molecule has 0 aliphatic carbocycles. The highest BCUT2D eigenvalue weighted by Crippen LogP contribution is 2.47. The summed E-state index contributed by atoms with van der Waals surface area (Å²) in [5.74, 6) is -2.03. The van der Waals surface area contributed by atoms with Gasteiger partial charge in [0.15, 0.2) is 12.7 Å². The second-order valence-corrected chi connectivity index (χ2v) is 10.8. The Kier molecular flexibility index (Phi) is 7.52. The number of carbonyl (C=O) groups excluding carboxylic acids is 2. The van der Waals surface area contributed by atoms with E-state index >= 15 is 0 Å². The molecule has 1 amide bonds. The number of aromatic nitrogens is 2. The summed E-state index contributed by atoms with van der Waals surface area (Å²) >= 11 is 0. The van der Waals surface area contributed by atoms with Crippen molar-refractivity contribution in [3.63, 3.8) is 0 Å². The predicted octanol–water partition coefficient (Wildman–Crippen LogP) is 6.69. The van der Waals surface area contributed by atoms with E-state index in [1.165, 1.54) is 49.4 Å². The van der Waals surface area contributed by atoms with Gasteiger partial charge in [-0.05, 0) is 44.2 Å². The van der Waals surface area contributed by atoms with Crippen molar-refractivity contribution in [3.8, 4) is 22.9 Å². The Morgan fingerprint density at radius 2 is 1.80 bits per heavy atom. The SMILES string of the molecule is CC(=O)O[C@H]1c2ccc(N(C(=O)C(F)(F)F)[C@@H]3COc4c3cccc4-n3c(C)nc4ccc(OCC(F)(F)F)cc43)cc2OC1C. The van der Waals surface area contributed by atoms with Gasteiger partial charge in [0.1, 0.15) is 35.8 Å². The Hall–Kier alpha value is -4.95. The fourth-order valence-corrected chi connectivity index (χ4v) is 5.78. The molecule has 1 unspecified atom stereocenters. The molecule has 242 valence electrons. The smallest absolute Gasteiger partial charge is 0.471 e. The number of para-hydroxylation sites is 1. The monoisotopic (exact) mass is 649 g/mol. The van der Waals surface area contributed by atoms with Crippen LogP contribution in [0.3, 0.4) is 0 Å². The number of benzene rings is 3. The van der Waals surface area contributed by atoms with Crippen molar-refractivity contribution in [1.82, 2.24) is 9.55 Å². The summed E-state index contributed by atoms with van der Waals surface area (Å²) in [7, 11) is 0. The molecular formula is C31H25F6N3O6. The highest BCUT2D eigenvalue weighted by atomic mass is 19.4. The number of amides is 1. The highest BCUT2D eigenvalue weighted by molar-refractivity contribution is 5.98. The van der Waals surface area contributed by atoms with Crippen LogP contribution in [0.25, 0.3) is 16.7 Å². The number of carbonyl (C=O) groups is 2. The molecule has 0 spiro atoms. The summed E-state index contributed by atoms with van der Waals surface area (Å²) in [6.45, 7) is 2.67. The average Bonchev–Trinajstić information content (AvgIpc) is 3.63. The Bertz CT molecular complexity index is 1850. The quantitative estimate of drug-likeness (QED) is 0.170. The minimum atomic E-state index is -5.25. The van der Waals surface area contributed by atoms with Crippen molar-refractivity contribution in [1.29, 1.82) is 0 Å². The number of hydrogen-bond acceptors (Lipinski definition) is 7. The van der Waals surface area contributed by atoms with Crippen LogP contribution in [-0.4, -0.2) is 53.1 Å². The molecule has 0 fully saturated rings. The van der Waals surface area contributed by atoms with Crippen molar-refractivity contribution < 1.29 is 54.9 Å². The van der Waals surface area contributed by atoms with Crippen molar-refractivity contribution in [2.45, 2.75) is 51.4 Å². The van der Waals surface area contributed by atoms with Gasteiger partial charge in [-0.3, -0.25) is 19.1 Å². The number of aryl methyl sites for hydroxylation is 1. The molecule has 2 aliphatic heterocycles. The van der Waals surface area contributed by atoms with Crippen LogP contribution in [0.1, 0.15) is 42.9 Å². The van der Waals surface area contributed by atoms with Crippen molar-refractivity contribution in [2.75, 3.05) is 18.1 Å². The number of rotatable bonds is 6. The second-order valence-electron chi connectivity index (χ2n) is 10.8. The summed E-state index contributed by atoms with van der Waals surface area (Å²) < 4.78 is 104. The van der Waals surface area contributed by atoms with E-state index in [0.29, 0.717) is 33.0 Å². The third-order valence-electron chi connectivity index (χ3n) is 7.59. The normalized spacial score (nSPS) is 18.8. The first-order valence-electron chi connectivity index (χ1n) is 14.0. The molecule has 46 heavy (non-hydrogen) atoms. The minimum absolute atomic E-state index is 0.0663. The first-order valence-corrected chi connectivity index (χ1v) is 14.0. The number of nitrogens with zero attached hydrogens (tertiary/aromatic N) is 3. The van der Waals surface area contributed by atoms with Gasteiger partial charge in [0.05, 0.1) is 22.8 Å². The number of halogens is 6. The number of anilines is 1. The first kappa shape index (κ1) is 31.0. The van der Waals surface area contributed by atoms with E-state index in [4.69, 9.17) is 18.9 Å². The molecule has 3 heterocycles. The number of esters is 1. The first-order chi connectivity index (χ1) is 21.6. The lowest BCUT2D eigenvalue weighted by atomic mass is 10.0. The van der Waals surface area contributed by atoms with Gasteiger partial charge in [-0.1, -0.05) is 12.1 Å². The number of hydrogen-bond donors (Lipinski definition) is 0. The maximum Gasteiger partial charge on any atom is 0.471 e. The molecular weight excluding hydrogens is 624 g/mol. The van der Waals surface area contributed by atoms with Gasteiger partial charge in [-0.15, -0.1) is 0 Å². The van der Waals surface area contributed by atoms with Crippen LogP contribution in [-0.2, 0) is 14.3 Å². The lowest BCUT2D eigenvalue weighted by Gasteiger charge is -2.29. The Morgan fingerprint density at radius 1 is 1.04 bits per heavy atom. The fourth-order valence-electron chi connectivity index (χ4n) is 5.78. The third-order valence-corrected chi connectivity index (χ3v) is 7.59. The molecule has 4 aromatic rings. The molecule has 6 rings (SSSR count). The number of alkyl halides is 6. The van der Waals surface area contributed by atoms with Gasteiger partial charge in [-0.25, -0.2) is 4.98 Å². The van der Waals surface area contributed by atoms with Crippen LogP contribution in [0.15, 0.2) is 54.6 Å². The van der Waals surface area contributed by atoms with Crippen LogP contribution in [0.4, 0.5) is 32.0 Å². The summed E-state index contributed by atoms with van der Waals surface area (Å²) in [6.07, 6.45) is -11.2. The van der Waals surface area contributed by atoms with E-state index in [0.717, 1.165) is 0 Å². The predicted molar refractivity (Wildman–Crippen MR) is 150 cm³/mol. The second kappa shape index (κ2) is 11.1. The largest absolute Gasteiger partial charge is 0.488 e. The van der Waals surface area contributed by atoms with Crippen LogP contribution in [0, 0.1) is 6.92 Å². The van der Waals surface area contributed by atoms with E-state index in [-0.39, 0.29) is 35.1 Å². The van der Waals surface area contributed by atoms with Gasteiger partial charge in [0.25, 0.3) is 0 Å². The van der Waals surface area contributed by atoms with Crippen LogP contribution in [0.5, 0.6) is 17.2 Å². The Balaban J connectivity index is 1.41. The summed E-state index contributed by atoms with van der Waals surface area (Å²) in [4.78, 5) is 29.6. The maximum absolute atomic E-state index is 14.0. The number of imidazole rings is 1. The zero-order valence-corrected chi connectivity index (χ0v) is 24.4. The average molecular weight is 650 g/mol. The number of fused-ring (bicyclic) bond motifs is 3. The lowest BCUT2D eigenvalue weighted by molar-refractivity contribution is -0.171. The van der Waals surface area contributed by atoms with Gasteiger partial charge < -0.3 is 18.9 Å². The molecule has 0 saturated heterocycles. The van der Waals surface area contributed by atoms with Gasteiger partial charge in [0.2, 0.25) is 0 Å². The maximum atomic E-state index is 14.0. The lowest BCUT2D eigenvalue weighted by Crippen LogP contribution is -2.44. The zero-order valence-electron chi connectivity index (χ0n) is 24.4. The van der Waals surface area contributed by atoms with Gasteiger partial charge >= 0.3 is 24.2 Å². The van der Waals surface area contributed by atoms with Crippen molar-refractivity contribution in [2.24, 2.45) is 0 Å². The standard InChI is InChI=1S/C31H25F6N3O6/c1-15-27(46-17(3)41)21-9-7-18(11-26(21)45-15)40(29(42)31(35,36)37)25-13-43-28-20(25)5-4-6-23(28)39-16(2)38-22-10-8-19(12-24(22)39)44-14-30(32,33)34/h4-12,15,25,27H,13-14H2,1-3H3/t15?,25-,27-/m1/s1. The molecule has 3 aromatic carbocycles. The highest BCUT2D eigenvalue weighted by Gasteiger charge is 2.48. The Morgan fingerprint density at radius 3 is 2.50 bits per heavy atom. The molecule has 0 N–H and O–H groups in total. The van der Waals surface area contributed by atoms with E-state index in [2.05, 4.69) is 4.98 Å². The Labute approximate surface area is 257 Å². The third kappa shape index (κ3) is 5.65. The van der Waals surface area contributed by atoms with Crippen LogP contribution in [0.2, 0.25) is 0 Å². The summed E-state index contributed by atoms with van der Waals surface area (Å²) in [5.41, 5.74) is 1.72. The summed E-state index contributed by atoms with van der Waals surface area (Å²) in [5, 5.41) is 0. The van der Waals surface area contributed by atoms with E-state index < -0.39 is 49.1 Å². The van der Waals surface area contributed by atoms with Gasteiger partial charge in [-0.2, -0.15) is 26.3 Å². The van der Waals surface area contributed by atoms with E-state index in [1.807, 2.05) is 0 Å². The topological polar surface area (TPSA) is 92.1 Å². The molecule has 2 aliphatic rings. The van der Waals surface area contributed by atoms with Crippen molar-refractivity contribution >= 4 is 28.6 Å². The van der Waals surface area contributed by atoms with E-state index in [1.54, 1.807) is 30.5 Å². The molecule has 0 radical (unpaired) electrons. The molecule has 1 aromatic heterocycles. The van der Waals surface area contributed by atoms with Gasteiger partial charge in [0, 0.05) is 35.9 Å². The zero-order chi connectivity index (χ0) is 33.1. The molecule has 0 saturated carbocycles.